The first kappa shape index (κ1) is 17.4. The molecule has 0 unspecified atom stereocenters. The number of thiocarbonyl (C=S) groups is 1. The van der Waals surface area contributed by atoms with Gasteiger partial charge in [-0.1, -0.05) is 18.2 Å². The minimum Gasteiger partial charge on any atom is -0.497 e. The summed E-state index contributed by atoms with van der Waals surface area (Å²) >= 11 is 5.13. The van der Waals surface area contributed by atoms with Gasteiger partial charge < -0.3 is 10.1 Å². The van der Waals surface area contributed by atoms with Gasteiger partial charge in [0.15, 0.2) is 5.11 Å². The second-order valence-corrected chi connectivity index (χ2v) is 5.27. The largest absolute Gasteiger partial charge is 0.497 e. The van der Waals surface area contributed by atoms with Crippen molar-refractivity contribution in [2.24, 2.45) is 5.10 Å². The van der Waals surface area contributed by atoms with Crippen LogP contribution in [-0.2, 0) is 0 Å². The Morgan fingerprint density at radius 3 is 2.83 bits per heavy atom. The monoisotopic (exact) mass is 344 g/mol. The lowest BCUT2D eigenvalue weighted by Crippen LogP contribution is -2.23. The molecule has 7 nitrogen and oxygen atoms in total. The van der Waals surface area contributed by atoms with Gasteiger partial charge in [-0.3, -0.25) is 15.5 Å². The Kier molecular flexibility index (Phi) is 5.80. The fraction of sp³-hybridized carbons (Fsp3) is 0.125. The zero-order chi connectivity index (χ0) is 17.5. The average Bonchev–Trinajstić information content (AvgIpc) is 2.56. The molecule has 0 aliphatic heterocycles. The SMILES string of the molecule is COc1cccc(NC(=S)N/N=C\c2ccc(C)c([N+](=O)[O-])c2)c1. The molecule has 0 atom stereocenters. The van der Waals surface area contributed by atoms with Crippen molar-refractivity contribution in [2.75, 3.05) is 12.4 Å². The summed E-state index contributed by atoms with van der Waals surface area (Å²) in [6.45, 7) is 1.69. The van der Waals surface area contributed by atoms with E-state index in [4.69, 9.17) is 17.0 Å². The Morgan fingerprint density at radius 1 is 1.33 bits per heavy atom. The highest BCUT2D eigenvalue weighted by atomic mass is 32.1. The van der Waals surface area contributed by atoms with Crippen molar-refractivity contribution in [3.63, 3.8) is 0 Å². The lowest BCUT2D eigenvalue weighted by Gasteiger charge is -2.08. The third kappa shape index (κ3) is 4.75. The minimum absolute atomic E-state index is 0.0519. The second kappa shape index (κ2) is 8.02. The third-order valence-electron chi connectivity index (χ3n) is 3.14. The zero-order valence-corrected chi connectivity index (χ0v) is 14.0. The first-order valence-corrected chi connectivity index (χ1v) is 7.39. The summed E-state index contributed by atoms with van der Waals surface area (Å²) in [6.07, 6.45) is 1.46. The maximum atomic E-state index is 10.9. The minimum atomic E-state index is -0.422. The first-order chi connectivity index (χ1) is 11.5. The van der Waals surface area contributed by atoms with E-state index >= 15 is 0 Å². The van der Waals surface area contributed by atoms with E-state index in [1.54, 1.807) is 32.2 Å². The molecule has 0 radical (unpaired) electrons. The fourth-order valence-corrected chi connectivity index (χ4v) is 2.10. The summed E-state index contributed by atoms with van der Waals surface area (Å²) in [4.78, 5) is 10.5. The quantitative estimate of drug-likeness (QED) is 0.375. The molecule has 2 aromatic rings. The molecule has 0 saturated carbocycles. The van der Waals surface area contributed by atoms with Gasteiger partial charge in [-0.25, -0.2) is 0 Å². The van der Waals surface area contributed by atoms with Crippen LogP contribution in [0.3, 0.4) is 0 Å². The van der Waals surface area contributed by atoms with E-state index in [1.165, 1.54) is 12.3 Å². The molecular weight excluding hydrogens is 328 g/mol. The maximum Gasteiger partial charge on any atom is 0.272 e. The van der Waals surface area contributed by atoms with Crippen LogP contribution >= 0.6 is 12.2 Å². The van der Waals surface area contributed by atoms with Crippen molar-refractivity contribution in [1.29, 1.82) is 0 Å². The number of nitro benzene ring substituents is 1. The molecule has 0 bridgehead atoms. The van der Waals surface area contributed by atoms with Gasteiger partial charge in [0.2, 0.25) is 0 Å². The number of benzene rings is 2. The number of rotatable bonds is 5. The number of nitro groups is 1. The predicted octanol–water partition coefficient (Wildman–Crippen LogP) is 3.23. The Morgan fingerprint density at radius 2 is 2.12 bits per heavy atom. The first-order valence-electron chi connectivity index (χ1n) is 6.99. The van der Waals surface area contributed by atoms with E-state index in [1.807, 2.05) is 18.2 Å². The van der Waals surface area contributed by atoms with E-state index in [0.717, 1.165) is 5.69 Å². The number of hydrazone groups is 1. The van der Waals surface area contributed by atoms with E-state index in [0.29, 0.717) is 22.0 Å². The number of aryl methyl sites for hydroxylation is 1. The van der Waals surface area contributed by atoms with Crippen LogP contribution in [0.4, 0.5) is 11.4 Å². The van der Waals surface area contributed by atoms with Gasteiger partial charge in [-0.05, 0) is 31.3 Å². The summed E-state index contributed by atoms with van der Waals surface area (Å²) in [5.41, 5.74) is 4.67. The van der Waals surface area contributed by atoms with E-state index in [9.17, 15) is 10.1 Å². The van der Waals surface area contributed by atoms with Crippen LogP contribution in [0.2, 0.25) is 0 Å². The van der Waals surface area contributed by atoms with Crippen LogP contribution in [0, 0.1) is 17.0 Å². The molecule has 24 heavy (non-hydrogen) atoms. The number of nitrogens with one attached hydrogen (secondary N) is 2. The smallest absolute Gasteiger partial charge is 0.272 e. The molecule has 2 rings (SSSR count). The second-order valence-electron chi connectivity index (χ2n) is 4.86. The zero-order valence-electron chi connectivity index (χ0n) is 13.1. The van der Waals surface area contributed by atoms with Crippen LogP contribution in [0.1, 0.15) is 11.1 Å². The van der Waals surface area contributed by atoms with Crippen LogP contribution in [0.25, 0.3) is 0 Å². The van der Waals surface area contributed by atoms with Crippen molar-refractivity contribution < 1.29 is 9.66 Å². The van der Waals surface area contributed by atoms with Gasteiger partial charge in [0.25, 0.3) is 5.69 Å². The Hall–Kier alpha value is -3.00. The predicted molar refractivity (Wildman–Crippen MR) is 97.8 cm³/mol. The fourth-order valence-electron chi connectivity index (χ4n) is 1.93. The molecule has 0 aliphatic rings. The maximum absolute atomic E-state index is 10.9. The Bertz CT molecular complexity index is 793. The summed E-state index contributed by atoms with van der Waals surface area (Å²) < 4.78 is 5.13. The van der Waals surface area contributed by atoms with Crippen molar-refractivity contribution in [3.8, 4) is 5.75 Å². The van der Waals surface area contributed by atoms with Gasteiger partial charge in [-0.15, -0.1) is 0 Å². The molecule has 0 amide bonds. The van der Waals surface area contributed by atoms with Gasteiger partial charge in [-0.2, -0.15) is 5.10 Å². The Labute approximate surface area is 144 Å². The normalized spacial score (nSPS) is 10.4. The van der Waals surface area contributed by atoms with Crippen LogP contribution < -0.4 is 15.5 Å². The van der Waals surface area contributed by atoms with Gasteiger partial charge in [0.1, 0.15) is 5.75 Å². The number of nitrogens with zero attached hydrogens (tertiary/aromatic N) is 2. The van der Waals surface area contributed by atoms with Crippen LogP contribution in [-0.4, -0.2) is 23.4 Å². The van der Waals surface area contributed by atoms with Crippen molar-refractivity contribution in [1.82, 2.24) is 5.43 Å². The summed E-state index contributed by atoms with van der Waals surface area (Å²) in [6, 6.07) is 12.2. The highest BCUT2D eigenvalue weighted by Crippen LogP contribution is 2.18. The van der Waals surface area contributed by atoms with E-state index in [2.05, 4.69) is 15.8 Å². The average molecular weight is 344 g/mol. The molecule has 124 valence electrons. The lowest BCUT2D eigenvalue weighted by atomic mass is 10.1. The number of anilines is 1. The van der Waals surface area contributed by atoms with Crippen molar-refractivity contribution in [2.45, 2.75) is 6.92 Å². The molecular formula is C16H16N4O3S. The molecule has 2 N–H and O–H groups in total. The summed E-state index contributed by atoms with van der Waals surface area (Å²) in [5.74, 6) is 0.707. The molecule has 8 heteroatoms. The van der Waals surface area contributed by atoms with Crippen LogP contribution in [0.5, 0.6) is 5.75 Å². The van der Waals surface area contributed by atoms with Crippen molar-refractivity contribution >= 4 is 34.9 Å². The van der Waals surface area contributed by atoms with Gasteiger partial charge >= 0.3 is 0 Å². The molecule has 0 heterocycles. The molecule has 0 spiro atoms. The number of methoxy groups -OCH3 is 1. The number of hydrogen-bond donors (Lipinski definition) is 2. The van der Waals surface area contributed by atoms with E-state index < -0.39 is 4.92 Å². The molecule has 0 aliphatic carbocycles. The number of ether oxygens (including phenoxy) is 1. The summed E-state index contributed by atoms with van der Waals surface area (Å²) in [5, 5.41) is 18.1. The van der Waals surface area contributed by atoms with Gasteiger partial charge in [0, 0.05) is 28.9 Å². The van der Waals surface area contributed by atoms with Gasteiger partial charge in [0.05, 0.1) is 18.2 Å². The van der Waals surface area contributed by atoms with Crippen LogP contribution in [0.15, 0.2) is 47.6 Å². The topological polar surface area (TPSA) is 88.8 Å². The highest BCUT2D eigenvalue weighted by Gasteiger charge is 2.09. The standard InChI is InChI=1S/C16H16N4O3S/c1-11-6-7-12(8-15(11)20(21)22)10-17-19-16(24)18-13-4-3-5-14(9-13)23-2/h3-10H,1-2H3,(H2,18,19,24)/b17-10-. The highest BCUT2D eigenvalue weighted by molar-refractivity contribution is 7.80. The lowest BCUT2D eigenvalue weighted by molar-refractivity contribution is -0.385. The molecule has 0 saturated heterocycles. The van der Waals surface area contributed by atoms with E-state index in [-0.39, 0.29) is 5.69 Å². The Balaban J connectivity index is 1.97. The number of hydrogen-bond acceptors (Lipinski definition) is 5. The molecule has 0 fully saturated rings. The molecule has 2 aromatic carbocycles. The van der Waals surface area contributed by atoms with Crippen molar-refractivity contribution in [3.05, 3.63) is 63.7 Å². The third-order valence-corrected chi connectivity index (χ3v) is 3.33. The summed E-state index contributed by atoms with van der Waals surface area (Å²) in [7, 11) is 1.58. The molecule has 0 aromatic heterocycles.